The number of hydrogen-bond acceptors (Lipinski definition) is 6. The fraction of sp³-hybridized carbons (Fsp3) is 0.615. The van der Waals surface area contributed by atoms with Gasteiger partial charge >= 0.3 is 0 Å². The Labute approximate surface area is 126 Å². The van der Waals surface area contributed by atoms with Crippen molar-refractivity contribution in [3.8, 4) is 0 Å². The number of rotatable bonds is 4. The molecule has 2 rings (SSSR count). The Morgan fingerprint density at radius 2 is 2.24 bits per heavy atom. The van der Waals surface area contributed by atoms with Crippen LogP contribution in [0.1, 0.15) is 19.8 Å². The number of aromatic nitrogens is 1. The molecule has 0 bridgehead atoms. The molecule has 0 saturated carbocycles. The first kappa shape index (κ1) is 16.2. The highest BCUT2D eigenvalue weighted by Crippen LogP contribution is 2.26. The summed E-state index contributed by atoms with van der Waals surface area (Å²) in [7, 11) is -1.59. The standard InChI is InChI=1S/C13H23N5O2S/c1-3-11-10-17(2)7-4-8-18(11)21(19,20)13-9-15-6-5-12(13)16-14/h5-6,9,11H,3-4,7-8,10,14H2,1-2H3,(H,15,16). The fourth-order valence-electron chi connectivity index (χ4n) is 2.70. The Balaban J connectivity index is 2.41. The van der Waals surface area contributed by atoms with E-state index in [1.165, 1.54) is 12.4 Å². The highest BCUT2D eigenvalue weighted by molar-refractivity contribution is 7.89. The Morgan fingerprint density at radius 3 is 2.90 bits per heavy atom. The number of nitrogens with zero attached hydrogens (tertiary/aromatic N) is 3. The predicted molar refractivity (Wildman–Crippen MR) is 82.1 cm³/mol. The number of hydrogen-bond donors (Lipinski definition) is 2. The number of nitrogens with two attached hydrogens (primary N) is 1. The van der Waals surface area contributed by atoms with Crippen LogP contribution in [0.4, 0.5) is 5.69 Å². The van der Waals surface area contributed by atoms with Gasteiger partial charge in [0.05, 0.1) is 5.69 Å². The van der Waals surface area contributed by atoms with Crippen molar-refractivity contribution in [1.82, 2.24) is 14.2 Å². The van der Waals surface area contributed by atoms with Gasteiger partial charge < -0.3 is 10.3 Å². The molecule has 7 nitrogen and oxygen atoms in total. The quantitative estimate of drug-likeness (QED) is 0.620. The molecule has 0 radical (unpaired) electrons. The van der Waals surface area contributed by atoms with E-state index in [1.54, 1.807) is 10.4 Å². The summed E-state index contributed by atoms with van der Waals surface area (Å²) in [5.74, 6) is 5.43. The van der Waals surface area contributed by atoms with Crippen LogP contribution in [-0.4, -0.2) is 55.3 Å². The number of anilines is 1. The third-order valence-electron chi connectivity index (χ3n) is 3.85. The molecule has 0 spiro atoms. The van der Waals surface area contributed by atoms with Crippen LogP contribution < -0.4 is 11.3 Å². The van der Waals surface area contributed by atoms with E-state index >= 15 is 0 Å². The number of sulfonamides is 1. The molecule has 2 heterocycles. The molecule has 1 aromatic heterocycles. The van der Waals surface area contributed by atoms with Crippen molar-refractivity contribution in [3.63, 3.8) is 0 Å². The molecule has 8 heteroatoms. The Hall–Kier alpha value is -1.22. The summed E-state index contributed by atoms with van der Waals surface area (Å²) in [4.78, 5) is 6.24. The van der Waals surface area contributed by atoms with E-state index in [2.05, 4.69) is 15.3 Å². The second-order valence-corrected chi connectivity index (χ2v) is 7.17. The minimum atomic E-state index is -3.61. The lowest BCUT2D eigenvalue weighted by molar-refractivity contribution is 0.270. The summed E-state index contributed by atoms with van der Waals surface area (Å²) < 4.78 is 27.5. The molecule has 21 heavy (non-hydrogen) atoms. The maximum atomic E-state index is 13.0. The number of likely N-dealkylation sites (N-methyl/N-ethyl adjacent to an activating group) is 1. The molecule has 1 aromatic rings. The molecule has 1 fully saturated rings. The van der Waals surface area contributed by atoms with Gasteiger partial charge in [-0.25, -0.2) is 8.42 Å². The normalized spacial score (nSPS) is 22.0. The van der Waals surface area contributed by atoms with Crippen molar-refractivity contribution in [2.24, 2.45) is 5.84 Å². The zero-order valence-electron chi connectivity index (χ0n) is 12.5. The van der Waals surface area contributed by atoms with E-state index < -0.39 is 10.0 Å². The lowest BCUT2D eigenvalue weighted by atomic mass is 10.2. The van der Waals surface area contributed by atoms with Gasteiger partial charge in [0.15, 0.2) is 0 Å². The molecule has 0 aliphatic carbocycles. The molecule has 3 N–H and O–H groups in total. The van der Waals surface area contributed by atoms with Crippen LogP contribution in [0.5, 0.6) is 0 Å². The number of hydrazine groups is 1. The first-order chi connectivity index (χ1) is 10.0. The van der Waals surface area contributed by atoms with Crippen molar-refractivity contribution in [2.75, 3.05) is 32.1 Å². The highest BCUT2D eigenvalue weighted by Gasteiger charge is 2.34. The predicted octanol–water partition coefficient (Wildman–Crippen LogP) is 0.472. The summed E-state index contributed by atoms with van der Waals surface area (Å²) in [5.41, 5.74) is 2.81. The first-order valence-electron chi connectivity index (χ1n) is 7.11. The maximum Gasteiger partial charge on any atom is 0.247 e. The molecule has 1 aliphatic rings. The Kier molecular flexibility index (Phi) is 5.15. The molecule has 0 aromatic carbocycles. The van der Waals surface area contributed by atoms with Crippen LogP contribution in [0.3, 0.4) is 0 Å². The lowest BCUT2D eigenvalue weighted by Gasteiger charge is -2.29. The second kappa shape index (κ2) is 6.69. The summed E-state index contributed by atoms with van der Waals surface area (Å²) in [6.07, 6.45) is 4.46. The van der Waals surface area contributed by atoms with Crippen LogP contribution in [0.25, 0.3) is 0 Å². The average Bonchev–Trinajstić information content (AvgIpc) is 2.68. The van der Waals surface area contributed by atoms with E-state index in [4.69, 9.17) is 5.84 Å². The van der Waals surface area contributed by atoms with Gasteiger partial charge in [0.25, 0.3) is 0 Å². The molecular formula is C13H23N5O2S. The highest BCUT2D eigenvalue weighted by atomic mass is 32.2. The minimum absolute atomic E-state index is 0.0340. The largest absolute Gasteiger partial charge is 0.323 e. The average molecular weight is 313 g/mol. The van der Waals surface area contributed by atoms with Crippen LogP contribution in [-0.2, 0) is 10.0 Å². The maximum absolute atomic E-state index is 13.0. The van der Waals surface area contributed by atoms with Crippen molar-refractivity contribution in [1.29, 1.82) is 0 Å². The summed E-state index contributed by atoms with van der Waals surface area (Å²) >= 11 is 0. The summed E-state index contributed by atoms with van der Waals surface area (Å²) in [5, 5.41) is 0. The van der Waals surface area contributed by atoms with Gasteiger partial charge in [0.2, 0.25) is 10.0 Å². The van der Waals surface area contributed by atoms with Gasteiger partial charge in [-0.05, 0) is 32.5 Å². The van der Waals surface area contributed by atoms with Gasteiger partial charge in [-0.1, -0.05) is 6.92 Å². The molecule has 1 unspecified atom stereocenters. The molecule has 1 atom stereocenters. The van der Waals surface area contributed by atoms with Crippen LogP contribution in [0.2, 0.25) is 0 Å². The minimum Gasteiger partial charge on any atom is -0.323 e. The van der Waals surface area contributed by atoms with E-state index in [-0.39, 0.29) is 10.9 Å². The van der Waals surface area contributed by atoms with Gasteiger partial charge in [-0.2, -0.15) is 4.31 Å². The number of pyridine rings is 1. The Bertz CT molecular complexity index is 578. The van der Waals surface area contributed by atoms with Crippen LogP contribution in [0.15, 0.2) is 23.4 Å². The first-order valence-corrected chi connectivity index (χ1v) is 8.55. The van der Waals surface area contributed by atoms with Crippen molar-refractivity contribution >= 4 is 15.7 Å². The van der Waals surface area contributed by atoms with E-state index in [0.717, 1.165) is 25.9 Å². The molecule has 118 valence electrons. The van der Waals surface area contributed by atoms with Gasteiger partial charge in [0, 0.05) is 31.5 Å². The van der Waals surface area contributed by atoms with E-state index in [9.17, 15) is 8.42 Å². The van der Waals surface area contributed by atoms with Gasteiger partial charge in [-0.15, -0.1) is 0 Å². The third-order valence-corrected chi connectivity index (χ3v) is 5.83. The SMILES string of the molecule is CCC1CN(C)CCCN1S(=O)(=O)c1cnccc1NN. The second-order valence-electron chi connectivity index (χ2n) is 5.31. The van der Waals surface area contributed by atoms with Crippen molar-refractivity contribution < 1.29 is 8.42 Å². The fourth-order valence-corrected chi connectivity index (χ4v) is 4.53. The van der Waals surface area contributed by atoms with Gasteiger partial charge in [-0.3, -0.25) is 10.8 Å². The smallest absolute Gasteiger partial charge is 0.247 e. The lowest BCUT2D eigenvalue weighted by Crippen LogP contribution is -2.43. The van der Waals surface area contributed by atoms with Crippen LogP contribution in [0, 0.1) is 0 Å². The zero-order chi connectivity index (χ0) is 15.5. The van der Waals surface area contributed by atoms with E-state index in [1.807, 2.05) is 14.0 Å². The number of nitrogens with one attached hydrogen (secondary N) is 1. The number of nitrogen functional groups attached to an aromatic ring is 1. The zero-order valence-corrected chi connectivity index (χ0v) is 13.3. The van der Waals surface area contributed by atoms with Crippen molar-refractivity contribution in [3.05, 3.63) is 18.5 Å². The Morgan fingerprint density at radius 1 is 1.48 bits per heavy atom. The summed E-state index contributed by atoms with van der Waals surface area (Å²) in [6.45, 7) is 4.17. The van der Waals surface area contributed by atoms with E-state index in [0.29, 0.717) is 12.2 Å². The summed E-state index contributed by atoms with van der Waals surface area (Å²) in [6, 6.07) is 1.53. The van der Waals surface area contributed by atoms with Gasteiger partial charge in [0.1, 0.15) is 4.90 Å². The van der Waals surface area contributed by atoms with Crippen LogP contribution >= 0.6 is 0 Å². The molecule has 1 saturated heterocycles. The molecular weight excluding hydrogens is 290 g/mol. The van der Waals surface area contributed by atoms with Crippen molar-refractivity contribution in [2.45, 2.75) is 30.7 Å². The third kappa shape index (κ3) is 3.34. The molecule has 0 amide bonds. The monoisotopic (exact) mass is 313 g/mol. The molecule has 1 aliphatic heterocycles. The topological polar surface area (TPSA) is 91.6 Å².